The number of halogens is 2. The summed E-state index contributed by atoms with van der Waals surface area (Å²) in [6.07, 6.45) is -2.97. The molecule has 0 radical (unpaired) electrons. The molecular weight excluding hydrogens is 272 g/mol. The predicted octanol–water partition coefficient (Wildman–Crippen LogP) is 1.97. The third-order valence-electron chi connectivity index (χ3n) is 2.65. The van der Waals surface area contributed by atoms with E-state index in [1.807, 2.05) is 0 Å². The highest BCUT2D eigenvalue weighted by atomic mass is 19.3. The highest BCUT2D eigenvalue weighted by Crippen LogP contribution is 2.23. The number of methoxy groups -OCH3 is 1. The third-order valence-corrected chi connectivity index (χ3v) is 2.65. The Morgan fingerprint density at radius 2 is 2.25 bits per heavy atom. The number of carboxylic acids is 1. The van der Waals surface area contributed by atoms with Gasteiger partial charge in [-0.05, 0) is 17.7 Å². The van der Waals surface area contributed by atoms with Crippen LogP contribution in [0.2, 0.25) is 0 Å². The van der Waals surface area contributed by atoms with Gasteiger partial charge in [0.15, 0.2) is 5.69 Å². The minimum atomic E-state index is -2.97. The second-order valence-electron chi connectivity index (χ2n) is 3.94. The summed E-state index contributed by atoms with van der Waals surface area (Å²) in [5.74, 6) is -0.961. The molecule has 20 heavy (non-hydrogen) atoms. The van der Waals surface area contributed by atoms with Gasteiger partial charge in [0.2, 0.25) is 0 Å². The maximum absolute atomic E-state index is 12.9. The van der Waals surface area contributed by atoms with Crippen molar-refractivity contribution < 1.29 is 23.4 Å². The van der Waals surface area contributed by atoms with Crippen molar-refractivity contribution in [3.63, 3.8) is 0 Å². The Hall–Kier alpha value is -2.51. The van der Waals surface area contributed by atoms with Gasteiger partial charge < -0.3 is 9.84 Å². The van der Waals surface area contributed by atoms with Crippen LogP contribution in [-0.2, 0) is 6.54 Å². The van der Waals surface area contributed by atoms with Crippen LogP contribution in [0, 0.1) is 0 Å². The molecule has 0 saturated carbocycles. The van der Waals surface area contributed by atoms with Gasteiger partial charge in [-0.2, -0.15) is 0 Å². The third kappa shape index (κ3) is 2.73. The summed E-state index contributed by atoms with van der Waals surface area (Å²) < 4.78 is 31.8. The van der Waals surface area contributed by atoms with E-state index in [0.717, 1.165) is 4.68 Å². The minimum absolute atomic E-state index is 0.0167. The summed E-state index contributed by atoms with van der Waals surface area (Å²) in [7, 11) is 1.49. The molecular formula is C12H11F2N3O3. The van der Waals surface area contributed by atoms with E-state index in [-0.39, 0.29) is 6.54 Å². The van der Waals surface area contributed by atoms with Crippen molar-refractivity contribution in [2.45, 2.75) is 13.0 Å². The van der Waals surface area contributed by atoms with Crippen molar-refractivity contribution in [1.82, 2.24) is 15.0 Å². The van der Waals surface area contributed by atoms with Crippen LogP contribution in [0.15, 0.2) is 24.3 Å². The summed E-state index contributed by atoms with van der Waals surface area (Å²) in [5, 5.41) is 15.6. The fourth-order valence-electron chi connectivity index (χ4n) is 1.75. The molecule has 0 aliphatic rings. The summed E-state index contributed by atoms with van der Waals surface area (Å²) >= 11 is 0. The number of nitrogens with zero attached hydrogens (tertiary/aromatic N) is 3. The fourth-order valence-corrected chi connectivity index (χ4v) is 1.75. The van der Waals surface area contributed by atoms with Gasteiger partial charge >= 0.3 is 5.97 Å². The summed E-state index contributed by atoms with van der Waals surface area (Å²) in [6.45, 7) is -0.0167. The molecule has 0 aliphatic carbocycles. The average molecular weight is 283 g/mol. The maximum Gasteiger partial charge on any atom is 0.358 e. The number of alkyl halides is 2. The molecule has 1 aromatic heterocycles. The van der Waals surface area contributed by atoms with Crippen LogP contribution >= 0.6 is 0 Å². The summed E-state index contributed by atoms with van der Waals surface area (Å²) in [4.78, 5) is 10.8. The van der Waals surface area contributed by atoms with E-state index < -0.39 is 23.8 Å². The molecule has 1 heterocycles. The van der Waals surface area contributed by atoms with E-state index in [1.54, 1.807) is 24.3 Å². The number of benzene rings is 1. The van der Waals surface area contributed by atoms with Gasteiger partial charge in [0.25, 0.3) is 6.43 Å². The van der Waals surface area contributed by atoms with Crippen LogP contribution in [-0.4, -0.2) is 33.2 Å². The predicted molar refractivity (Wildman–Crippen MR) is 64.0 cm³/mol. The van der Waals surface area contributed by atoms with Crippen LogP contribution in [0.4, 0.5) is 8.78 Å². The average Bonchev–Trinajstić information content (AvgIpc) is 2.83. The van der Waals surface area contributed by atoms with Gasteiger partial charge in [0.05, 0.1) is 13.7 Å². The van der Waals surface area contributed by atoms with Crippen molar-refractivity contribution in [1.29, 1.82) is 0 Å². The smallest absolute Gasteiger partial charge is 0.358 e. The van der Waals surface area contributed by atoms with Crippen LogP contribution in [0.3, 0.4) is 0 Å². The monoisotopic (exact) mass is 283 g/mol. The number of aromatic carboxylic acids is 1. The largest absolute Gasteiger partial charge is 0.497 e. The van der Waals surface area contributed by atoms with Gasteiger partial charge in [0.1, 0.15) is 11.4 Å². The Kier molecular flexibility index (Phi) is 3.92. The van der Waals surface area contributed by atoms with Crippen molar-refractivity contribution >= 4 is 5.97 Å². The lowest BCUT2D eigenvalue weighted by molar-refractivity contribution is 0.0675. The number of aromatic nitrogens is 3. The second kappa shape index (κ2) is 5.64. The van der Waals surface area contributed by atoms with Crippen molar-refractivity contribution in [3.05, 3.63) is 41.2 Å². The Labute approximate surface area is 112 Å². The summed E-state index contributed by atoms with van der Waals surface area (Å²) in [6, 6.07) is 6.75. The molecule has 0 bridgehead atoms. The Bertz CT molecular complexity index is 628. The molecule has 2 aromatic rings. The standard InChI is InChI=1S/C12H11F2N3O3/c1-20-8-4-2-3-7(5-8)6-17-10(11(13)14)9(12(18)19)15-16-17/h2-5,11H,6H2,1H3,(H,18,19). The van der Waals surface area contributed by atoms with Crippen molar-refractivity contribution in [2.75, 3.05) is 7.11 Å². The molecule has 0 saturated heterocycles. The number of hydrogen-bond acceptors (Lipinski definition) is 4. The molecule has 0 amide bonds. The van der Waals surface area contributed by atoms with Crippen LogP contribution in [0.5, 0.6) is 5.75 Å². The van der Waals surface area contributed by atoms with E-state index in [1.165, 1.54) is 7.11 Å². The van der Waals surface area contributed by atoms with Crippen LogP contribution < -0.4 is 4.74 Å². The SMILES string of the molecule is COc1cccc(Cn2nnc(C(=O)O)c2C(F)F)c1. The van der Waals surface area contributed by atoms with Crippen LogP contribution in [0.25, 0.3) is 0 Å². The maximum atomic E-state index is 12.9. The topological polar surface area (TPSA) is 77.2 Å². The van der Waals surface area contributed by atoms with Crippen molar-refractivity contribution in [2.24, 2.45) is 0 Å². The zero-order valence-corrected chi connectivity index (χ0v) is 10.5. The fraction of sp³-hybridized carbons (Fsp3) is 0.250. The van der Waals surface area contributed by atoms with Crippen molar-refractivity contribution in [3.8, 4) is 5.75 Å². The molecule has 8 heteroatoms. The molecule has 0 fully saturated rings. The first-order chi connectivity index (χ1) is 9.52. The number of carboxylic acid groups (broad SMARTS) is 1. The zero-order chi connectivity index (χ0) is 14.7. The lowest BCUT2D eigenvalue weighted by Gasteiger charge is -2.07. The van der Waals surface area contributed by atoms with E-state index >= 15 is 0 Å². The van der Waals surface area contributed by atoms with E-state index in [2.05, 4.69) is 10.3 Å². The molecule has 1 N–H and O–H groups in total. The molecule has 2 rings (SSSR count). The Morgan fingerprint density at radius 3 is 2.85 bits per heavy atom. The summed E-state index contributed by atoms with van der Waals surface area (Å²) in [5.41, 5.74) is -0.795. The first kappa shape index (κ1) is 13.9. The van der Waals surface area contributed by atoms with Gasteiger partial charge in [-0.1, -0.05) is 17.3 Å². The first-order valence-electron chi connectivity index (χ1n) is 5.60. The molecule has 106 valence electrons. The molecule has 6 nitrogen and oxygen atoms in total. The van der Waals surface area contributed by atoms with Gasteiger partial charge in [-0.25, -0.2) is 18.3 Å². The second-order valence-corrected chi connectivity index (χ2v) is 3.94. The highest BCUT2D eigenvalue weighted by Gasteiger charge is 2.26. The normalized spacial score (nSPS) is 10.8. The number of hydrogen-bond donors (Lipinski definition) is 1. The molecule has 0 aliphatic heterocycles. The highest BCUT2D eigenvalue weighted by molar-refractivity contribution is 5.86. The zero-order valence-electron chi connectivity index (χ0n) is 10.5. The quantitative estimate of drug-likeness (QED) is 0.907. The molecule has 0 unspecified atom stereocenters. The molecule has 1 aromatic carbocycles. The minimum Gasteiger partial charge on any atom is -0.497 e. The van der Waals surface area contributed by atoms with E-state index in [4.69, 9.17) is 9.84 Å². The van der Waals surface area contributed by atoms with E-state index in [0.29, 0.717) is 11.3 Å². The lowest BCUT2D eigenvalue weighted by Crippen LogP contribution is -2.10. The Balaban J connectivity index is 2.35. The number of carbonyl (C=O) groups is 1. The van der Waals surface area contributed by atoms with Gasteiger partial charge in [0, 0.05) is 0 Å². The first-order valence-corrected chi connectivity index (χ1v) is 5.60. The van der Waals surface area contributed by atoms with Gasteiger partial charge in [-0.15, -0.1) is 5.10 Å². The Morgan fingerprint density at radius 1 is 1.50 bits per heavy atom. The lowest BCUT2D eigenvalue weighted by atomic mass is 10.2. The number of rotatable bonds is 5. The van der Waals surface area contributed by atoms with Crippen LogP contribution in [0.1, 0.15) is 28.2 Å². The van der Waals surface area contributed by atoms with Gasteiger partial charge in [-0.3, -0.25) is 0 Å². The molecule has 0 atom stereocenters. The van der Waals surface area contributed by atoms with E-state index in [9.17, 15) is 13.6 Å². The number of ether oxygens (including phenoxy) is 1. The molecule has 0 spiro atoms.